The highest BCUT2D eigenvalue weighted by atomic mass is 16.5. The fraction of sp³-hybridized carbons (Fsp3) is 0.556. The van der Waals surface area contributed by atoms with Crippen molar-refractivity contribution in [3.05, 3.63) is 35.9 Å². The highest BCUT2D eigenvalue weighted by Gasteiger charge is 2.35. The molecule has 2 aliphatic rings. The van der Waals surface area contributed by atoms with E-state index in [1.54, 1.807) is 4.90 Å². The normalized spacial score (nSPS) is 25.5. The Morgan fingerprint density at radius 1 is 1.33 bits per heavy atom. The van der Waals surface area contributed by atoms with Crippen LogP contribution in [0.5, 0.6) is 0 Å². The molecule has 0 aromatic heterocycles. The number of ether oxygens (including phenoxy) is 1. The fourth-order valence-corrected chi connectivity index (χ4v) is 3.38. The Bertz CT molecular complexity index is 578. The van der Waals surface area contributed by atoms with Crippen LogP contribution in [-0.2, 0) is 20.9 Å². The van der Waals surface area contributed by atoms with Gasteiger partial charge in [0, 0.05) is 19.1 Å². The molecule has 2 atom stereocenters. The van der Waals surface area contributed by atoms with Gasteiger partial charge in [-0.15, -0.1) is 0 Å². The van der Waals surface area contributed by atoms with Crippen LogP contribution in [0.2, 0.25) is 0 Å². The molecule has 6 nitrogen and oxygen atoms in total. The number of nitrogens with zero attached hydrogens (tertiary/aromatic N) is 2. The molecule has 1 N–H and O–H groups in total. The summed E-state index contributed by atoms with van der Waals surface area (Å²) < 4.78 is 5.33. The first-order valence-electron chi connectivity index (χ1n) is 8.53. The summed E-state index contributed by atoms with van der Waals surface area (Å²) in [5.74, 6) is -0.245. The molecule has 6 heteroatoms. The van der Waals surface area contributed by atoms with Crippen LogP contribution in [-0.4, -0.2) is 67.0 Å². The van der Waals surface area contributed by atoms with Crippen molar-refractivity contribution >= 4 is 11.8 Å². The second-order valence-electron chi connectivity index (χ2n) is 6.65. The number of nitrogens with one attached hydrogen (secondary N) is 1. The molecule has 0 spiro atoms. The van der Waals surface area contributed by atoms with E-state index >= 15 is 0 Å². The number of carbonyl (C=O) groups is 2. The topological polar surface area (TPSA) is 61.9 Å². The van der Waals surface area contributed by atoms with Crippen LogP contribution in [0, 0.1) is 0 Å². The number of amides is 2. The van der Waals surface area contributed by atoms with Gasteiger partial charge in [0.2, 0.25) is 11.8 Å². The SMILES string of the molecule is CN1CCCC(NC(=O)C2COCC(=O)N2Cc2ccccc2)C1. The van der Waals surface area contributed by atoms with Crippen LogP contribution in [0.25, 0.3) is 0 Å². The Labute approximate surface area is 142 Å². The Morgan fingerprint density at radius 2 is 2.12 bits per heavy atom. The minimum absolute atomic E-state index is 0.0444. The maximum atomic E-state index is 12.7. The maximum absolute atomic E-state index is 12.7. The summed E-state index contributed by atoms with van der Waals surface area (Å²) in [5.41, 5.74) is 1.02. The summed E-state index contributed by atoms with van der Waals surface area (Å²) in [6, 6.07) is 9.33. The van der Waals surface area contributed by atoms with Crippen molar-refractivity contribution in [2.45, 2.75) is 31.5 Å². The third-order valence-corrected chi connectivity index (χ3v) is 4.67. The summed E-state index contributed by atoms with van der Waals surface area (Å²) >= 11 is 0. The molecular formula is C18H25N3O3. The van der Waals surface area contributed by atoms with Gasteiger partial charge >= 0.3 is 0 Å². The average Bonchev–Trinajstić information content (AvgIpc) is 2.57. The first kappa shape index (κ1) is 16.9. The van der Waals surface area contributed by atoms with E-state index in [1.165, 1.54) is 0 Å². The maximum Gasteiger partial charge on any atom is 0.249 e. The first-order valence-corrected chi connectivity index (χ1v) is 8.53. The molecule has 0 bridgehead atoms. The van der Waals surface area contributed by atoms with Crippen molar-refractivity contribution in [3.8, 4) is 0 Å². The molecule has 2 amide bonds. The van der Waals surface area contributed by atoms with Crippen LogP contribution >= 0.6 is 0 Å². The minimum atomic E-state index is -0.557. The van der Waals surface area contributed by atoms with Crippen LogP contribution in [0.1, 0.15) is 18.4 Å². The lowest BCUT2D eigenvalue weighted by Gasteiger charge is -2.37. The number of carbonyl (C=O) groups excluding carboxylic acids is 2. The molecule has 2 aliphatic heterocycles. The summed E-state index contributed by atoms with van der Waals surface area (Å²) in [6.45, 7) is 2.66. The Morgan fingerprint density at radius 3 is 2.88 bits per heavy atom. The van der Waals surface area contributed by atoms with Gasteiger partial charge < -0.3 is 19.9 Å². The summed E-state index contributed by atoms with van der Waals surface area (Å²) in [4.78, 5) is 28.8. The van der Waals surface area contributed by atoms with Crippen LogP contribution < -0.4 is 5.32 Å². The summed E-state index contributed by atoms with van der Waals surface area (Å²) in [6.07, 6.45) is 2.06. The number of piperidine rings is 1. The molecule has 0 aliphatic carbocycles. The van der Waals surface area contributed by atoms with Gasteiger partial charge in [0.1, 0.15) is 12.6 Å². The van der Waals surface area contributed by atoms with Crippen LogP contribution in [0.3, 0.4) is 0 Å². The molecule has 3 rings (SSSR count). The minimum Gasteiger partial charge on any atom is -0.369 e. The molecule has 1 aromatic carbocycles. The van der Waals surface area contributed by atoms with Gasteiger partial charge in [0.05, 0.1) is 6.61 Å². The Kier molecular flexibility index (Phi) is 5.48. The average molecular weight is 331 g/mol. The van der Waals surface area contributed by atoms with E-state index in [4.69, 9.17) is 4.74 Å². The smallest absolute Gasteiger partial charge is 0.249 e. The molecule has 2 heterocycles. The van der Waals surface area contributed by atoms with Crippen LogP contribution in [0.4, 0.5) is 0 Å². The zero-order valence-electron chi connectivity index (χ0n) is 14.1. The summed E-state index contributed by atoms with van der Waals surface area (Å²) in [7, 11) is 2.06. The fourth-order valence-electron chi connectivity index (χ4n) is 3.38. The van der Waals surface area contributed by atoms with E-state index in [2.05, 4.69) is 17.3 Å². The number of hydrogen-bond acceptors (Lipinski definition) is 4. The molecule has 2 saturated heterocycles. The predicted molar refractivity (Wildman–Crippen MR) is 90.3 cm³/mol. The van der Waals surface area contributed by atoms with E-state index in [0.29, 0.717) is 6.54 Å². The molecule has 0 radical (unpaired) electrons. The molecule has 24 heavy (non-hydrogen) atoms. The van der Waals surface area contributed by atoms with Crippen molar-refractivity contribution in [1.82, 2.24) is 15.1 Å². The Balaban J connectivity index is 1.66. The summed E-state index contributed by atoms with van der Waals surface area (Å²) in [5, 5.41) is 3.10. The molecule has 0 saturated carbocycles. The van der Waals surface area contributed by atoms with E-state index in [9.17, 15) is 9.59 Å². The lowest BCUT2D eigenvalue weighted by Crippen LogP contribution is -2.58. The number of rotatable bonds is 4. The van der Waals surface area contributed by atoms with Crippen LogP contribution in [0.15, 0.2) is 30.3 Å². The third-order valence-electron chi connectivity index (χ3n) is 4.67. The second-order valence-corrected chi connectivity index (χ2v) is 6.65. The van der Waals surface area contributed by atoms with Gasteiger partial charge in [-0.1, -0.05) is 30.3 Å². The highest BCUT2D eigenvalue weighted by Crippen LogP contribution is 2.15. The van der Waals surface area contributed by atoms with Gasteiger partial charge in [-0.05, 0) is 32.0 Å². The standard InChI is InChI=1S/C18H25N3O3/c1-20-9-5-8-15(11-20)19-18(23)16-12-24-13-17(22)21(16)10-14-6-3-2-4-7-14/h2-4,6-7,15-16H,5,8-13H2,1H3,(H,19,23). The number of likely N-dealkylation sites (N-methyl/N-ethyl adjacent to an activating group) is 1. The van der Waals surface area contributed by atoms with Gasteiger partial charge in [-0.3, -0.25) is 9.59 Å². The molecule has 130 valence electrons. The molecular weight excluding hydrogens is 306 g/mol. The molecule has 1 aromatic rings. The van der Waals surface area contributed by atoms with Gasteiger partial charge in [0.15, 0.2) is 0 Å². The molecule has 2 fully saturated rings. The van der Waals surface area contributed by atoms with E-state index in [1.807, 2.05) is 30.3 Å². The van der Waals surface area contributed by atoms with Crippen molar-refractivity contribution in [2.24, 2.45) is 0 Å². The van der Waals surface area contributed by atoms with Crippen molar-refractivity contribution in [1.29, 1.82) is 0 Å². The first-order chi connectivity index (χ1) is 11.6. The lowest BCUT2D eigenvalue weighted by atomic mass is 10.1. The van der Waals surface area contributed by atoms with Gasteiger partial charge in [-0.2, -0.15) is 0 Å². The van der Waals surface area contributed by atoms with E-state index in [-0.39, 0.29) is 31.1 Å². The monoisotopic (exact) mass is 331 g/mol. The Hall–Kier alpha value is -1.92. The quantitative estimate of drug-likeness (QED) is 0.879. The highest BCUT2D eigenvalue weighted by molar-refractivity contribution is 5.89. The number of hydrogen-bond donors (Lipinski definition) is 1. The zero-order valence-corrected chi connectivity index (χ0v) is 14.1. The van der Waals surface area contributed by atoms with E-state index < -0.39 is 6.04 Å². The second kappa shape index (κ2) is 7.77. The zero-order chi connectivity index (χ0) is 16.9. The number of likely N-dealkylation sites (tertiary alicyclic amines) is 1. The largest absolute Gasteiger partial charge is 0.369 e. The predicted octanol–water partition coefficient (Wildman–Crippen LogP) is 0.624. The third kappa shape index (κ3) is 4.13. The molecule has 2 unspecified atom stereocenters. The van der Waals surface area contributed by atoms with E-state index in [0.717, 1.165) is 31.5 Å². The number of morpholine rings is 1. The lowest BCUT2D eigenvalue weighted by molar-refractivity contribution is -0.156. The van der Waals surface area contributed by atoms with Crippen molar-refractivity contribution < 1.29 is 14.3 Å². The van der Waals surface area contributed by atoms with Crippen molar-refractivity contribution in [3.63, 3.8) is 0 Å². The van der Waals surface area contributed by atoms with Gasteiger partial charge in [0.25, 0.3) is 0 Å². The van der Waals surface area contributed by atoms with Gasteiger partial charge in [-0.25, -0.2) is 0 Å². The van der Waals surface area contributed by atoms with Crippen molar-refractivity contribution in [2.75, 3.05) is 33.4 Å². The number of benzene rings is 1.